The molecule has 2 rings (SSSR count). The van der Waals surface area contributed by atoms with E-state index in [0.717, 1.165) is 4.47 Å². The lowest BCUT2D eigenvalue weighted by atomic mass is 10.2. The molecule has 0 N–H and O–H groups in total. The van der Waals surface area contributed by atoms with Crippen LogP contribution in [-0.2, 0) is 9.84 Å². The Labute approximate surface area is 108 Å². The van der Waals surface area contributed by atoms with Crippen molar-refractivity contribution in [3.05, 3.63) is 28.5 Å². The van der Waals surface area contributed by atoms with Gasteiger partial charge in [0.2, 0.25) is 0 Å². The molecular formula is C10H11BrN2O3S. The number of rotatable bonds is 1. The van der Waals surface area contributed by atoms with Crippen molar-refractivity contribution in [3.63, 3.8) is 0 Å². The molecular weight excluding hydrogens is 308 g/mol. The summed E-state index contributed by atoms with van der Waals surface area (Å²) in [4.78, 5) is 17.5. The van der Waals surface area contributed by atoms with E-state index < -0.39 is 9.84 Å². The summed E-state index contributed by atoms with van der Waals surface area (Å²) >= 11 is 3.24. The molecule has 17 heavy (non-hydrogen) atoms. The van der Waals surface area contributed by atoms with Crippen LogP contribution in [0.15, 0.2) is 22.9 Å². The molecule has 0 unspecified atom stereocenters. The van der Waals surface area contributed by atoms with Gasteiger partial charge in [-0.15, -0.1) is 0 Å². The van der Waals surface area contributed by atoms with E-state index in [1.54, 1.807) is 17.2 Å². The highest BCUT2D eigenvalue weighted by molar-refractivity contribution is 9.10. The second-order valence-corrected chi connectivity index (χ2v) is 7.06. The largest absolute Gasteiger partial charge is 0.337 e. The quantitative estimate of drug-likeness (QED) is 0.765. The van der Waals surface area contributed by atoms with E-state index in [2.05, 4.69) is 20.9 Å². The molecule has 0 radical (unpaired) electrons. The second-order valence-electron chi connectivity index (χ2n) is 3.84. The summed E-state index contributed by atoms with van der Waals surface area (Å²) in [6.07, 6.45) is 3.08. The molecule has 1 aliphatic rings. The van der Waals surface area contributed by atoms with Crippen LogP contribution in [0.4, 0.5) is 0 Å². The number of aromatic nitrogens is 1. The van der Waals surface area contributed by atoms with Gasteiger partial charge in [-0.05, 0) is 22.0 Å². The number of hydrogen-bond donors (Lipinski definition) is 0. The lowest BCUT2D eigenvalue weighted by molar-refractivity contribution is 0.0770. The zero-order chi connectivity index (χ0) is 12.5. The molecule has 1 aromatic heterocycles. The summed E-state index contributed by atoms with van der Waals surface area (Å²) in [5.74, 6) is -0.0888. The smallest absolute Gasteiger partial charge is 0.255 e. The Kier molecular flexibility index (Phi) is 3.48. The molecule has 5 nitrogen and oxygen atoms in total. The van der Waals surface area contributed by atoms with Crippen LogP contribution in [0.5, 0.6) is 0 Å². The third-order valence-electron chi connectivity index (χ3n) is 2.58. The summed E-state index contributed by atoms with van der Waals surface area (Å²) in [5, 5.41) is 0. The van der Waals surface area contributed by atoms with Crippen molar-refractivity contribution >= 4 is 31.7 Å². The van der Waals surface area contributed by atoms with Gasteiger partial charge in [0.1, 0.15) is 0 Å². The van der Waals surface area contributed by atoms with Crippen molar-refractivity contribution in [2.75, 3.05) is 24.6 Å². The van der Waals surface area contributed by atoms with Crippen LogP contribution in [0, 0.1) is 0 Å². The topological polar surface area (TPSA) is 67.3 Å². The Hall–Kier alpha value is -0.950. The molecule has 1 amide bonds. The highest BCUT2D eigenvalue weighted by Crippen LogP contribution is 2.13. The van der Waals surface area contributed by atoms with Gasteiger partial charge in [-0.3, -0.25) is 9.78 Å². The minimum Gasteiger partial charge on any atom is -0.337 e. The average Bonchev–Trinajstić information content (AvgIpc) is 2.28. The molecule has 0 bridgehead atoms. The van der Waals surface area contributed by atoms with E-state index in [9.17, 15) is 13.2 Å². The second kappa shape index (κ2) is 4.73. The zero-order valence-corrected chi connectivity index (χ0v) is 11.4. The van der Waals surface area contributed by atoms with Gasteiger partial charge in [-0.1, -0.05) is 0 Å². The summed E-state index contributed by atoms with van der Waals surface area (Å²) in [5.41, 5.74) is 0.471. The Bertz CT molecular complexity index is 530. The summed E-state index contributed by atoms with van der Waals surface area (Å²) in [6.45, 7) is 0.515. The minimum absolute atomic E-state index is 0.0418. The average molecular weight is 319 g/mol. The number of amides is 1. The first-order valence-electron chi connectivity index (χ1n) is 5.08. The summed E-state index contributed by atoms with van der Waals surface area (Å²) in [7, 11) is -2.96. The molecule has 0 spiro atoms. The van der Waals surface area contributed by atoms with Crippen LogP contribution in [-0.4, -0.2) is 48.8 Å². The van der Waals surface area contributed by atoms with Crippen molar-refractivity contribution < 1.29 is 13.2 Å². The van der Waals surface area contributed by atoms with Gasteiger partial charge in [-0.25, -0.2) is 8.42 Å². The first-order valence-corrected chi connectivity index (χ1v) is 7.70. The first kappa shape index (κ1) is 12.5. The number of hydrogen-bond acceptors (Lipinski definition) is 4. The summed E-state index contributed by atoms with van der Waals surface area (Å²) in [6, 6.07) is 1.68. The standard InChI is InChI=1S/C10H11BrN2O3S/c11-9-5-8(6-12-7-9)10(14)13-1-3-17(15,16)4-2-13/h5-7H,1-4H2. The Morgan fingerprint density at radius 2 is 1.94 bits per heavy atom. The first-order chi connectivity index (χ1) is 7.98. The van der Waals surface area contributed by atoms with Gasteiger partial charge in [0.05, 0.1) is 17.1 Å². The van der Waals surface area contributed by atoms with Gasteiger partial charge in [0, 0.05) is 30.0 Å². The SMILES string of the molecule is O=C(c1cncc(Br)c1)N1CCS(=O)(=O)CC1. The van der Waals surface area contributed by atoms with Crippen molar-refractivity contribution in [2.45, 2.75) is 0 Å². The molecule has 2 heterocycles. The maximum atomic E-state index is 12.0. The normalized spacial score (nSPS) is 19.0. The molecule has 1 aromatic rings. The number of sulfone groups is 1. The maximum Gasteiger partial charge on any atom is 0.255 e. The minimum atomic E-state index is -2.96. The number of halogens is 1. The van der Waals surface area contributed by atoms with Crippen LogP contribution < -0.4 is 0 Å². The fourth-order valence-electron chi connectivity index (χ4n) is 1.63. The van der Waals surface area contributed by atoms with E-state index in [1.165, 1.54) is 6.20 Å². The molecule has 7 heteroatoms. The third-order valence-corrected chi connectivity index (χ3v) is 4.63. The fourth-order valence-corrected chi connectivity index (χ4v) is 3.19. The van der Waals surface area contributed by atoms with Crippen molar-refractivity contribution in [1.29, 1.82) is 0 Å². The highest BCUT2D eigenvalue weighted by Gasteiger charge is 2.25. The summed E-state index contributed by atoms with van der Waals surface area (Å²) < 4.78 is 23.2. The molecule has 0 saturated carbocycles. The van der Waals surface area contributed by atoms with Gasteiger partial charge in [0.25, 0.3) is 5.91 Å². The predicted octanol–water partition coefficient (Wildman–Crippen LogP) is 0.715. The van der Waals surface area contributed by atoms with Gasteiger partial charge < -0.3 is 4.90 Å². The zero-order valence-electron chi connectivity index (χ0n) is 8.97. The van der Waals surface area contributed by atoms with Gasteiger partial charge >= 0.3 is 0 Å². The lowest BCUT2D eigenvalue weighted by Gasteiger charge is -2.26. The maximum absolute atomic E-state index is 12.0. The van der Waals surface area contributed by atoms with E-state index in [-0.39, 0.29) is 30.5 Å². The number of nitrogens with zero attached hydrogens (tertiary/aromatic N) is 2. The molecule has 1 aliphatic heterocycles. The third kappa shape index (κ3) is 3.04. The van der Waals surface area contributed by atoms with E-state index >= 15 is 0 Å². The fraction of sp³-hybridized carbons (Fsp3) is 0.400. The highest BCUT2D eigenvalue weighted by atomic mass is 79.9. The van der Waals surface area contributed by atoms with Crippen LogP contribution in [0.2, 0.25) is 0 Å². The van der Waals surface area contributed by atoms with E-state index in [0.29, 0.717) is 5.56 Å². The molecule has 0 atom stereocenters. The van der Waals surface area contributed by atoms with Crippen LogP contribution >= 0.6 is 15.9 Å². The molecule has 0 aromatic carbocycles. The number of pyridine rings is 1. The molecule has 1 saturated heterocycles. The Morgan fingerprint density at radius 1 is 1.29 bits per heavy atom. The predicted molar refractivity (Wildman–Crippen MR) is 66.5 cm³/mol. The lowest BCUT2D eigenvalue weighted by Crippen LogP contribution is -2.43. The van der Waals surface area contributed by atoms with Gasteiger partial charge in [-0.2, -0.15) is 0 Å². The Morgan fingerprint density at radius 3 is 2.53 bits per heavy atom. The van der Waals surface area contributed by atoms with Gasteiger partial charge in [0.15, 0.2) is 9.84 Å². The van der Waals surface area contributed by atoms with Crippen LogP contribution in [0.1, 0.15) is 10.4 Å². The van der Waals surface area contributed by atoms with Crippen molar-refractivity contribution in [2.24, 2.45) is 0 Å². The van der Waals surface area contributed by atoms with Crippen LogP contribution in [0.25, 0.3) is 0 Å². The van der Waals surface area contributed by atoms with E-state index in [4.69, 9.17) is 0 Å². The van der Waals surface area contributed by atoms with Crippen molar-refractivity contribution in [3.8, 4) is 0 Å². The number of carbonyl (C=O) groups excluding carboxylic acids is 1. The molecule has 1 fully saturated rings. The molecule has 0 aliphatic carbocycles. The van der Waals surface area contributed by atoms with Crippen LogP contribution in [0.3, 0.4) is 0 Å². The van der Waals surface area contributed by atoms with Crippen molar-refractivity contribution in [1.82, 2.24) is 9.88 Å². The molecule has 92 valence electrons. The monoisotopic (exact) mass is 318 g/mol. The Balaban J connectivity index is 2.12. The van der Waals surface area contributed by atoms with E-state index in [1.807, 2.05) is 0 Å². The number of carbonyl (C=O) groups is 1.